The fourth-order valence-corrected chi connectivity index (χ4v) is 1.17. The molecule has 0 aliphatic carbocycles. The topological polar surface area (TPSA) is 95.1 Å². The first-order valence-electron chi connectivity index (χ1n) is 4.60. The van der Waals surface area contributed by atoms with Gasteiger partial charge in [0.15, 0.2) is 0 Å². The molecule has 0 spiro atoms. The fraction of sp³-hybridized carbons (Fsp3) is 0.444. The van der Waals surface area contributed by atoms with E-state index in [-0.39, 0.29) is 11.4 Å². The molecule has 6 nitrogen and oxygen atoms in total. The van der Waals surface area contributed by atoms with Crippen molar-refractivity contribution in [3.05, 3.63) is 22.2 Å². The van der Waals surface area contributed by atoms with Gasteiger partial charge in [0, 0.05) is 6.07 Å². The first-order chi connectivity index (χ1) is 7.02. The van der Waals surface area contributed by atoms with Gasteiger partial charge in [-0.2, -0.15) is 0 Å². The summed E-state index contributed by atoms with van der Waals surface area (Å²) in [5.41, 5.74) is -0.301. The Balaban J connectivity index is 2.88. The van der Waals surface area contributed by atoms with Crippen LogP contribution in [0.15, 0.2) is 10.9 Å². The Bertz CT molecular complexity index is 413. The van der Waals surface area contributed by atoms with Crippen LogP contribution < -0.4 is 10.9 Å². The molecule has 0 bridgehead atoms. The number of aliphatic carboxylic acids is 1. The fourth-order valence-electron chi connectivity index (χ4n) is 1.17. The molecule has 1 heterocycles. The van der Waals surface area contributed by atoms with Crippen LogP contribution in [0, 0.1) is 6.92 Å². The number of anilines is 1. The maximum Gasteiger partial charge on any atom is 0.326 e. The lowest BCUT2D eigenvalue weighted by molar-refractivity contribution is -0.137. The standard InChI is InChI=1S/C9H13N3O3/c1-3-6(9(14)15)12-7-4-8(13)11-5(2)10-7/h4,6H,3H2,1-2H3,(H,14,15)(H2,10,11,12,13). The quantitative estimate of drug-likeness (QED) is 0.668. The Hall–Kier alpha value is -1.85. The predicted molar refractivity (Wildman–Crippen MR) is 54.9 cm³/mol. The van der Waals surface area contributed by atoms with Crippen LogP contribution in [-0.4, -0.2) is 27.1 Å². The molecule has 1 atom stereocenters. The van der Waals surface area contributed by atoms with Gasteiger partial charge in [-0.1, -0.05) is 6.92 Å². The molecule has 6 heteroatoms. The maximum absolute atomic E-state index is 11.1. The summed E-state index contributed by atoms with van der Waals surface area (Å²) in [4.78, 5) is 28.2. The number of rotatable bonds is 4. The molecule has 3 N–H and O–H groups in total. The van der Waals surface area contributed by atoms with Gasteiger partial charge in [0.2, 0.25) is 0 Å². The van der Waals surface area contributed by atoms with Crippen molar-refractivity contribution in [3.8, 4) is 0 Å². The van der Waals surface area contributed by atoms with Gasteiger partial charge in [0.05, 0.1) is 0 Å². The van der Waals surface area contributed by atoms with Gasteiger partial charge in [0.1, 0.15) is 17.7 Å². The van der Waals surface area contributed by atoms with Crippen LogP contribution in [0.25, 0.3) is 0 Å². The lowest BCUT2D eigenvalue weighted by Crippen LogP contribution is -2.29. The maximum atomic E-state index is 11.1. The number of H-pyrrole nitrogens is 1. The number of aromatic nitrogens is 2. The summed E-state index contributed by atoms with van der Waals surface area (Å²) in [7, 11) is 0. The van der Waals surface area contributed by atoms with E-state index < -0.39 is 12.0 Å². The highest BCUT2D eigenvalue weighted by atomic mass is 16.4. The van der Waals surface area contributed by atoms with Crippen LogP contribution in [0.1, 0.15) is 19.2 Å². The number of carboxylic acids is 1. The van der Waals surface area contributed by atoms with E-state index in [1.807, 2.05) is 0 Å². The lowest BCUT2D eigenvalue weighted by Gasteiger charge is -2.12. The van der Waals surface area contributed by atoms with Crippen molar-refractivity contribution in [2.24, 2.45) is 0 Å². The summed E-state index contributed by atoms with van der Waals surface area (Å²) in [6, 6.07) is 0.511. The molecule has 1 rings (SSSR count). The van der Waals surface area contributed by atoms with Crippen LogP contribution >= 0.6 is 0 Å². The van der Waals surface area contributed by atoms with Crippen LogP contribution in [0.5, 0.6) is 0 Å². The second-order valence-corrected chi connectivity index (χ2v) is 3.16. The van der Waals surface area contributed by atoms with Crippen molar-refractivity contribution in [2.45, 2.75) is 26.3 Å². The summed E-state index contributed by atoms with van der Waals surface area (Å²) < 4.78 is 0. The van der Waals surface area contributed by atoms with E-state index in [4.69, 9.17) is 5.11 Å². The Morgan fingerprint density at radius 2 is 2.40 bits per heavy atom. The first kappa shape index (κ1) is 11.2. The molecule has 15 heavy (non-hydrogen) atoms. The Kier molecular flexibility index (Phi) is 3.43. The van der Waals surface area contributed by atoms with Gasteiger partial charge < -0.3 is 15.4 Å². The number of hydrogen-bond donors (Lipinski definition) is 3. The number of nitrogens with one attached hydrogen (secondary N) is 2. The highest BCUT2D eigenvalue weighted by molar-refractivity contribution is 5.76. The van der Waals surface area contributed by atoms with E-state index in [1.54, 1.807) is 13.8 Å². The molecule has 0 aliphatic rings. The summed E-state index contributed by atoms with van der Waals surface area (Å²) in [5, 5.41) is 11.5. The molecule has 0 aliphatic heterocycles. The van der Waals surface area contributed by atoms with E-state index >= 15 is 0 Å². The Morgan fingerprint density at radius 3 is 2.87 bits per heavy atom. The minimum absolute atomic E-state index is 0.283. The third-order valence-electron chi connectivity index (χ3n) is 1.89. The van der Waals surface area contributed by atoms with E-state index in [1.165, 1.54) is 6.07 Å². The number of carbonyl (C=O) groups is 1. The van der Waals surface area contributed by atoms with E-state index in [0.717, 1.165) is 0 Å². The van der Waals surface area contributed by atoms with Crippen LogP contribution in [-0.2, 0) is 4.79 Å². The summed E-state index contributed by atoms with van der Waals surface area (Å²) >= 11 is 0. The van der Waals surface area contributed by atoms with Gasteiger partial charge in [-0.15, -0.1) is 0 Å². The number of carboxylic acid groups (broad SMARTS) is 1. The second-order valence-electron chi connectivity index (χ2n) is 3.16. The first-order valence-corrected chi connectivity index (χ1v) is 4.60. The van der Waals surface area contributed by atoms with Crippen LogP contribution in [0.4, 0.5) is 5.82 Å². The molecule has 0 saturated carbocycles. The molecule has 0 saturated heterocycles. The minimum Gasteiger partial charge on any atom is -0.480 e. The molecule has 0 fully saturated rings. The average Bonchev–Trinajstić information content (AvgIpc) is 2.12. The predicted octanol–water partition coefficient (Wildman–Crippen LogP) is 0.353. The average molecular weight is 211 g/mol. The summed E-state index contributed by atoms with van der Waals surface area (Å²) in [6.45, 7) is 3.38. The van der Waals surface area contributed by atoms with Gasteiger partial charge in [0.25, 0.3) is 5.56 Å². The van der Waals surface area contributed by atoms with Gasteiger partial charge in [-0.3, -0.25) is 4.79 Å². The molecule has 0 amide bonds. The summed E-state index contributed by atoms with van der Waals surface area (Å²) in [6.07, 6.45) is 0.420. The van der Waals surface area contributed by atoms with Crippen molar-refractivity contribution in [1.29, 1.82) is 0 Å². The van der Waals surface area contributed by atoms with Crippen molar-refractivity contribution in [2.75, 3.05) is 5.32 Å². The largest absolute Gasteiger partial charge is 0.480 e. The molecular weight excluding hydrogens is 198 g/mol. The molecule has 1 aromatic heterocycles. The molecular formula is C9H13N3O3. The number of aryl methyl sites for hydroxylation is 1. The van der Waals surface area contributed by atoms with Crippen LogP contribution in [0.2, 0.25) is 0 Å². The van der Waals surface area contributed by atoms with E-state index in [9.17, 15) is 9.59 Å². The van der Waals surface area contributed by atoms with E-state index in [0.29, 0.717) is 12.2 Å². The van der Waals surface area contributed by atoms with Crippen molar-refractivity contribution >= 4 is 11.8 Å². The normalized spacial score (nSPS) is 12.1. The van der Waals surface area contributed by atoms with E-state index in [2.05, 4.69) is 15.3 Å². The lowest BCUT2D eigenvalue weighted by atomic mass is 10.2. The third kappa shape index (κ3) is 3.08. The Morgan fingerprint density at radius 1 is 1.73 bits per heavy atom. The second kappa shape index (κ2) is 4.59. The van der Waals surface area contributed by atoms with Gasteiger partial charge in [-0.25, -0.2) is 9.78 Å². The SMILES string of the molecule is CCC(Nc1cc(=O)[nH]c(C)n1)C(=O)O. The van der Waals surface area contributed by atoms with Crippen LogP contribution in [0.3, 0.4) is 0 Å². The smallest absolute Gasteiger partial charge is 0.326 e. The zero-order valence-corrected chi connectivity index (χ0v) is 8.57. The molecule has 1 aromatic rings. The zero-order valence-electron chi connectivity index (χ0n) is 8.57. The van der Waals surface area contributed by atoms with Crippen molar-refractivity contribution in [1.82, 2.24) is 9.97 Å². The Labute approximate surface area is 86.4 Å². The zero-order chi connectivity index (χ0) is 11.4. The number of nitrogens with zero attached hydrogens (tertiary/aromatic N) is 1. The minimum atomic E-state index is -0.961. The molecule has 1 unspecified atom stereocenters. The van der Waals surface area contributed by atoms with Crippen molar-refractivity contribution < 1.29 is 9.90 Å². The molecule has 0 aromatic carbocycles. The monoisotopic (exact) mass is 211 g/mol. The third-order valence-corrected chi connectivity index (χ3v) is 1.89. The highest BCUT2D eigenvalue weighted by Gasteiger charge is 2.15. The van der Waals surface area contributed by atoms with Gasteiger partial charge >= 0.3 is 5.97 Å². The van der Waals surface area contributed by atoms with Gasteiger partial charge in [-0.05, 0) is 13.3 Å². The number of aromatic amines is 1. The van der Waals surface area contributed by atoms with Crippen molar-refractivity contribution in [3.63, 3.8) is 0 Å². The summed E-state index contributed by atoms with van der Waals surface area (Å²) in [5.74, 6) is -0.229. The highest BCUT2D eigenvalue weighted by Crippen LogP contribution is 2.03. The molecule has 82 valence electrons. The molecule has 0 radical (unpaired) electrons. The number of hydrogen-bond acceptors (Lipinski definition) is 4.